The van der Waals surface area contributed by atoms with Crippen molar-refractivity contribution in [3.05, 3.63) is 58.2 Å². The van der Waals surface area contributed by atoms with Gasteiger partial charge in [-0.25, -0.2) is 9.97 Å². The van der Waals surface area contributed by atoms with Gasteiger partial charge >= 0.3 is 18.5 Å². The summed E-state index contributed by atoms with van der Waals surface area (Å²) in [6, 6.07) is 1.68. The minimum Gasteiger partial charge on any atom is -0.294 e. The number of pyridine rings is 2. The van der Waals surface area contributed by atoms with Crippen molar-refractivity contribution in [2.75, 3.05) is 0 Å². The molecule has 2 aromatic rings. The Labute approximate surface area is 168 Å². The third kappa shape index (κ3) is 6.25. The van der Waals surface area contributed by atoms with Gasteiger partial charge in [0.05, 0.1) is 0 Å². The molecule has 0 bridgehead atoms. The van der Waals surface area contributed by atoms with Crippen molar-refractivity contribution in [1.82, 2.24) is 9.97 Å². The van der Waals surface area contributed by atoms with Gasteiger partial charge in [-0.3, -0.25) is 9.59 Å². The number of ketones is 2. The van der Waals surface area contributed by atoms with Gasteiger partial charge in [0.2, 0.25) is 0 Å². The molecule has 2 aromatic heterocycles. The fourth-order valence-electron chi connectivity index (χ4n) is 2.47. The number of hydrogen-bond donors (Lipinski definition) is 0. The highest BCUT2D eigenvalue weighted by Gasteiger charge is 2.39. The Kier molecular flexibility index (Phi) is 6.48. The van der Waals surface area contributed by atoms with Crippen molar-refractivity contribution in [3.8, 4) is 0 Å². The Balaban J connectivity index is 2.27. The van der Waals surface area contributed by atoms with Gasteiger partial charge in [0.1, 0.15) is 17.1 Å². The molecule has 0 atom stereocenters. The van der Waals surface area contributed by atoms with Gasteiger partial charge in [-0.2, -0.15) is 39.5 Å². The average Bonchev–Trinajstić information content (AvgIpc) is 2.62. The highest BCUT2D eigenvalue weighted by molar-refractivity contribution is 6.02. The maximum atomic E-state index is 12.8. The highest BCUT2D eigenvalue weighted by Crippen LogP contribution is 2.34. The second-order valence-electron chi connectivity index (χ2n) is 6.35. The van der Waals surface area contributed by atoms with Gasteiger partial charge in [0.25, 0.3) is 0 Å². The lowest BCUT2D eigenvalue weighted by Crippen LogP contribution is -2.17. The van der Waals surface area contributed by atoms with Crippen LogP contribution in [0.1, 0.15) is 56.3 Å². The number of aryl methyl sites for hydroxylation is 1. The average molecular weight is 458 g/mol. The first-order valence-corrected chi connectivity index (χ1v) is 8.27. The van der Waals surface area contributed by atoms with Crippen molar-refractivity contribution in [2.45, 2.75) is 38.3 Å². The number of carbonyl (C=O) groups excluding carboxylic acids is 2. The van der Waals surface area contributed by atoms with Crippen LogP contribution in [0, 0.1) is 6.92 Å². The zero-order valence-electron chi connectivity index (χ0n) is 15.3. The summed E-state index contributed by atoms with van der Waals surface area (Å²) in [6.07, 6.45) is -17.0. The monoisotopic (exact) mass is 458 g/mol. The molecule has 0 radical (unpaired) electrons. The number of aromatic nitrogens is 2. The van der Waals surface area contributed by atoms with E-state index in [4.69, 9.17) is 0 Å². The van der Waals surface area contributed by atoms with Gasteiger partial charge in [-0.1, -0.05) is 0 Å². The summed E-state index contributed by atoms with van der Waals surface area (Å²) < 4.78 is 115. The van der Waals surface area contributed by atoms with Crippen molar-refractivity contribution in [1.29, 1.82) is 0 Å². The second kappa shape index (κ2) is 8.27. The summed E-state index contributed by atoms with van der Waals surface area (Å²) in [7, 11) is 0. The normalized spacial score (nSPS) is 12.7. The summed E-state index contributed by atoms with van der Waals surface area (Å²) in [5, 5.41) is 0. The Morgan fingerprint density at radius 1 is 0.645 bits per heavy atom. The summed E-state index contributed by atoms with van der Waals surface area (Å²) in [5.41, 5.74) is -6.84. The van der Waals surface area contributed by atoms with Gasteiger partial charge in [0, 0.05) is 29.7 Å². The van der Waals surface area contributed by atoms with E-state index < -0.39 is 71.1 Å². The molecule has 0 unspecified atom stereocenters. The molecule has 2 heterocycles. The largest absolute Gasteiger partial charge is 0.433 e. The third-order valence-corrected chi connectivity index (χ3v) is 3.87. The van der Waals surface area contributed by atoms with Gasteiger partial charge in [-0.05, 0) is 31.2 Å². The molecular formula is C18H11F9N2O2. The van der Waals surface area contributed by atoms with Crippen molar-refractivity contribution in [2.24, 2.45) is 0 Å². The number of nitrogens with zero attached hydrogens (tertiary/aromatic N) is 2. The zero-order chi connectivity index (χ0) is 23.8. The van der Waals surface area contributed by atoms with Gasteiger partial charge < -0.3 is 0 Å². The van der Waals surface area contributed by atoms with Gasteiger partial charge in [0.15, 0.2) is 11.6 Å². The lowest BCUT2D eigenvalue weighted by molar-refractivity contribution is -0.150. The van der Waals surface area contributed by atoms with Crippen LogP contribution in [-0.2, 0) is 18.5 Å². The molecule has 0 saturated heterocycles. The Hall–Kier alpha value is -2.99. The van der Waals surface area contributed by atoms with E-state index in [0.29, 0.717) is 6.07 Å². The van der Waals surface area contributed by atoms with E-state index in [2.05, 4.69) is 9.97 Å². The molecule has 0 amide bonds. The molecule has 0 spiro atoms. The number of carbonyl (C=O) groups is 2. The number of hydrogen-bond acceptors (Lipinski definition) is 4. The van der Waals surface area contributed by atoms with E-state index >= 15 is 0 Å². The third-order valence-electron chi connectivity index (χ3n) is 3.87. The molecule has 0 aromatic carbocycles. The first-order chi connectivity index (χ1) is 14.0. The fourth-order valence-corrected chi connectivity index (χ4v) is 2.47. The summed E-state index contributed by atoms with van der Waals surface area (Å²) in [6.45, 7) is 1.19. The van der Waals surface area contributed by atoms with Crippen LogP contribution >= 0.6 is 0 Å². The van der Waals surface area contributed by atoms with E-state index in [1.165, 1.54) is 6.92 Å². The standard InChI is InChI=1S/C18H11F9N2O2/c1-8-4-9(5-13(28-8)16(19,20)21)11(30)2-3-12(31)10-6-14(17(22,23)24)29-15(7-10)18(25,26)27/h4-7H,2-3H2,1H3. The SMILES string of the molecule is Cc1cc(C(=O)CCC(=O)c2cc(C(F)(F)F)nc(C(F)(F)F)c2)cc(C(F)(F)F)n1. The van der Waals surface area contributed by atoms with Crippen LogP contribution in [0.3, 0.4) is 0 Å². The molecule has 168 valence electrons. The summed E-state index contributed by atoms with van der Waals surface area (Å²) in [4.78, 5) is 30.0. The van der Waals surface area contributed by atoms with E-state index in [1.54, 1.807) is 0 Å². The lowest BCUT2D eigenvalue weighted by atomic mass is 10.0. The molecule has 13 heteroatoms. The van der Waals surface area contributed by atoms with Crippen LogP contribution in [0.5, 0.6) is 0 Å². The predicted octanol–water partition coefficient (Wildman–Crippen LogP) is 5.69. The van der Waals surface area contributed by atoms with Crippen LogP contribution in [-0.4, -0.2) is 21.5 Å². The van der Waals surface area contributed by atoms with Crippen molar-refractivity contribution >= 4 is 11.6 Å². The Bertz CT molecular complexity index is 976. The van der Waals surface area contributed by atoms with E-state index in [1.807, 2.05) is 0 Å². The van der Waals surface area contributed by atoms with Crippen LogP contribution in [0.2, 0.25) is 0 Å². The van der Waals surface area contributed by atoms with Crippen molar-refractivity contribution < 1.29 is 49.1 Å². The molecule has 2 rings (SSSR count). The first kappa shape index (κ1) is 24.3. The quantitative estimate of drug-likeness (QED) is 0.427. The fraction of sp³-hybridized carbons (Fsp3) is 0.333. The zero-order valence-corrected chi connectivity index (χ0v) is 15.3. The maximum Gasteiger partial charge on any atom is 0.433 e. The van der Waals surface area contributed by atoms with E-state index in [-0.39, 0.29) is 17.8 Å². The number of Topliss-reactive ketones (excluding diaryl/α,β-unsaturated/α-hetero) is 2. The number of halogens is 9. The minimum atomic E-state index is -5.27. The highest BCUT2D eigenvalue weighted by atomic mass is 19.4. The van der Waals surface area contributed by atoms with E-state index in [0.717, 1.165) is 6.07 Å². The van der Waals surface area contributed by atoms with Crippen LogP contribution in [0.4, 0.5) is 39.5 Å². The maximum absolute atomic E-state index is 12.8. The molecule has 4 nitrogen and oxygen atoms in total. The molecule has 0 aliphatic rings. The molecule has 0 fully saturated rings. The first-order valence-electron chi connectivity index (χ1n) is 8.27. The summed E-state index contributed by atoms with van der Waals surface area (Å²) in [5.74, 6) is -2.21. The Morgan fingerprint density at radius 3 is 1.32 bits per heavy atom. The molecule has 0 N–H and O–H groups in total. The predicted molar refractivity (Wildman–Crippen MR) is 86.1 cm³/mol. The van der Waals surface area contributed by atoms with Crippen molar-refractivity contribution in [3.63, 3.8) is 0 Å². The summed E-state index contributed by atoms with van der Waals surface area (Å²) >= 11 is 0. The van der Waals surface area contributed by atoms with Crippen LogP contribution < -0.4 is 0 Å². The van der Waals surface area contributed by atoms with E-state index in [9.17, 15) is 49.1 Å². The molecular weight excluding hydrogens is 447 g/mol. The topological polar surface area (TPSA) is 59.9 Å². The van der Waals surface area contributed by atoms with Crippen LogP contribution in [0.15, 0.2) is 24.3 Å². The Morgan fingerprint density at radius 2 is 0.968 bits per heavy atom. The molecule has 31 heavy (non-hydrogen) atoms. The lowest BCUT2D eigenvalue weighted by Gasteiger charge is -2.12. The molecule has 0 saturated carbocycles. The molecule has 0 aliphatic heterocycles. The second-order valence-corrected chi connectivity index (χ2v) is 6.35. The smallest absolute Gasteiger partial charge is 0.294 e. The minimum absolute atomic E-state index is 0.112. The number of rotatable bonds is 5. The number of alkyl halides is 9. The molecule has 0 aliphatic carbocycles. The van der Waals surface area contributed by atoms with Crippen LogP contribution in [0.25, 0.3) is 0 Å². The van der Waals surface area contributed by atoms with Gasteiger partial charge in [-0.15, -0.1) is 0 Å².